The number of benzene rings is 3. The summed E-state index contributed by atoms with van der Waals surface area (Å²) in [6.45, 7) is 0.742. The van der Waals surface area contributed by atoms with Gasteiger partial charge in [0.2, 0.25) is 0 Å². The quantitative estimate of drug-likeness (QED) is 0.467. The molecule has 0 aliphatic carbocycles. The van der Waals surface area contributed by atoms with Gasteiger partial charge in [-0.2, -0.15) is 0 Å². The van der Waals surface area contributed by atoms with E-state index < -0.39 is 0 Å². The normalized spacial score (nSPS) is 10.3. The average Bonchev–Trinajstić information content (AvgIpc) is 2.80. The van der Waals surface area contributed by atoms with Crippen molar-refractivity contribution in [2.45, 2.75) is 6.54 Å². The van der Waals surface area contributed by atoms with Crippen molar-refractivity contribution in [3.63, 3.8) is 0 Å². The summed E-state index contributed by atoms with van der Waals surface area (Å²) >= 11 is 0. The summed E-state index contributed by atoms with van der Waals surface area (Å²) < 4.78 is 12.5. The van der Waals surface area contributed by atoms with Crippen molar-refractivity contribution in [1.82, 2.24) is 0 Å². The highest BCUT2D eigenvalue weighted by atomic mass is 35.5. The summed E-state index contributed by atoms with van der Waals surface area (Å²) in [5, 5.41) is 4.98. The summed E-state index contributed by atoms with van der Waals surface area (Å²) in [4.78, 5) is 12.7. The maximum absolute atomic E-state index is 12.7. The third kappa shape index (κ3) is 5.32. The van der Waals surface area contributed by atoms with Gasteiger partial charge in [-0.25, -0.2) is 4.57 Å². The van der Waals surface area contributed by atoms with E-state index in [0.717, 1.165) is 34.5 Å². The van der Waals surface area contributed by atoms with E-state index in [1.165, 1.54) is 5.56 Å². The number of amides is 1. The lowest BCUT2D eigenvalue weighted by Crippen LogP contribution is -3.00. The van der Waals surface area contributed by atoms with Crippen LogP contribution in [0.15, 0.2) is 85.2 Å². The lowest BCUT2D eigenvalue weighted by atomic mass is 10.1. The van der Waals surface area contributed by atoms with Crippen molar-refractivity contribution < 1.29 is 31.2 Å². The molecule has 0 aliphatic heterocycles. The molecule has 158 valence electrons. The number of fused-ring (bicyclic) bond motifs is 1. The molecule has 31 heavy (non-hydrogen) atoms. The Morgan fingerprint density at radius 2 is 1.42 bits per heavy atom. The van der Waals surface area contributed by atoms with Gasteiger partial charge in [-0.05, 0) is 59.3 Å². The highest BCUT2D eigenvalue weighted by molar-refractivity contribution is 6.06. The molecular formula is C25H23ClN2O3. The van der Waals surface area contributed by atoms with E-state index in [1.54, 1.807) is 14.2 Å². The standard InChI is InChI=1S/C25H22N2O3.ClH/c1-29-23-8-3-18(4-9-23)17-27-13-11-22(12-14-27)26-25(28)21-6-5-20-16-24(30-2)10-7-19(20)15-21;/h3-16H,17H2,1-2H3;1H. The van der Waals surface area contributed by atoms with Crippen molar-refractivity contribution in [1.29, 1.82) is 0 Å². The predicted octanol–water partition coefficient (Wildman–Crippen LogP) is 1.45. The van der Waals surface area contributed by atoms with Crippen LogP contribution in [0.3, 0.4) is 0 Å². The van der Waals surface area contributed by atoms with Crippen molar-refractivity contribution in [2.75, 3.05) is 19.5 Å². The van der Waals surface area contributed by atoms with Crippen LogP contribution in [0, 0.1) is 0 Å². The van der Waals surface area contributed by atoms with Gasteiger partial charge < -0.3 is 27.2 Å². The zero-order valence-electron chi connectivity index (χ0n) is 17.3. The molecule has 0 bridgehead atoms. The Labute approximate surface area is 187 Å². The Morgan fingerprint density at radius 1 is 0.806 bits per heavy atom. The number of rotatable bonds is 6. The van der Waals surface area contributed by atoms with Gasteiger partial charge in [-0.1, -0.05) is 12.1 Å². The monoisotopic (exact) mass is 434 g/mol. The molecule has 0 radical (unpaired) electrons. The lowest BCUT2D eigenvalue weighted by molar-refractivity contribution is -0.688. The van der Waals surface area contributed by atoms with E-state index >= 15 is 0 Å². The van der Waals surface area contributed by atoms with Crippen LogP contribution in [0.25, 0.3) is 10.8 Å². The fourth-order valence-corrected chi connectivity index (χ4v) is 3.28. The minimum absolute atomic E-state index is 0. The maximum Gasteiger partial charge on any atom is 0.255 e. The van der Waals surface area contributed by atoms with E-state index in [0.29, 0.717) is 5.56 Å². The minimum atomic E-state index is -0.138. The average molecular weight is 435 g/mol. The zero-order chi connectivity index (χ0) is 20.9. The molecule has 0 spiro atoms. The van der Waals surface area contributed by atoms with E-state index in [9.17, 15) is 4.79 Å². The number of methoxy groups -OCH3 is 2. The van der Waals surface area contributed by atoms with Gasteiger partial charge in [0.15, 0.2) is 18.9 Å². The summed E-state index contributed by atoms with van der Waals surface area (Å²) in [7, 11) is 3.30. The first kappa shape index (κ1) is 22.1. The van der Waals surface area contributed by atoms with E-state index in [4.69, 9.17) is 9.47 Å². The topological polar surface area (TPSA) is 51.4 Å². The van der Waals surface area contributed by atoms with Crippen molar-refractivity contribution >= 4 is 22.4 Å². The molecule has 3 aromatic carbocycles. The Hall–Kier alpha value is -3.57. The molecule has 6 heteroatoms. The first-order valence-electron chi connectivity index (χ1n) is 9.66. The summed E-state index contributed by atoms with van der Waals surface area (Å²) in [5.74, 6) is 1.50. The fourth-order valence-electron chi connectivity index (χ4n) is 3.28. The molecule has 1 amide bonds. The number of nitrogens with zero attached hydrogens (tertiary/aromatic N) is 1. The molecular weight excluding hydrogens is 412 g/mol. The van der Waals surface area contributed by atoms with Gasteiger partial charge in [-0.3, -0.25) is 4.79 Å². The Morgan fingerprint density at radius 3 is 2.10 bits per heavy atom. The largest absolute Gasteiger partial charge is 1.00 e. The van der Waals surface area contributed by atoms with Gasteiger partial charge in [0.1, 0.15) is 11.5 Å². The molecule has 1 aromatic heterocycles. The van der Waals surface area contributed by atoms with Gasteiger partial charge >= 0.3 is 0 Å². The number of carbonyl (C=O) groups excluding carboxylic acids is 1. The van der Waals surface area contributed by atoms with Crippen LogP contribution in [-0.2, 0) is 6.54 Å². The Balaban J connectivity index is 0.00000272. The number of nitrogens with one attached hydrogen (secondary N) is 1. The number of ether oxygens (including phenoxy) is 2. The molecule has 1 heterocycles. The van der Waals surface area contributed by atoms with Crippen molar-refractivity contribution in [2.24, 2.45) is 0 Å². The highest BCUT2D eigenvalue weighted by Crippen LogP contribution is 2.22. The van der Waals surface area contributed by atoms with Crippen LogP contribution in [0.1, 0.15) is 15.9 Å². The van der Waals surface area contributed by atoms with Crippen molar-refractivity contribution in [3.05, 3.63) is 96.3 Å². The molecule has 0 atom stereocenters. The molecule has 0 aliphatic rings. The van der Waals surface area contributed by atoms with Crippen LogP contribution in [0.4, 0.5) is 5.69 Å². The SMILES string of the molecule is COc1ccc(C[n+]2ccc(NC(=O)c3ccc4cc(OC)ccc4c3)cc2)cc1.[Cl-]. The highest BCUT2D eigenvalue weighted by Gasteiger charge is 2.09. The number of anilines is 1. The minimum Gasteiger partial charge on any atom is -1.00 e. The first-order valence-corrected chi connectivity index (χ1v) is 9.66. The van der Waals surface area contributed by atoms with Crippen molar-refractivity contribution in [3.8, 4) is 11.5 Å². The third-order valence-corrected chi connectivity index (χ3v) is 4.98. The van der Waals surface area contributed by atoms with E-state index in [2.05, 4.69) is 9.88 Å². The van der Waals surface area contributed by atoms with Crippen LogP contribution in [-0.4, -0.2) is 20.1 Å². The molecule has 4 rings (SSSR count). The molecule has 0 fully saturated rings. The maximum atomic E-state index is 12.7. The second-order valence-electron chi connectivity index (χ2n) is 6.99. The van der Waals surface area contributed by atoms with E-state index in [-0.39, 0.29) is 18.3 Å². The van der Waals surface area contributed by atoms with Gasteiger partial charge in [-0.15, -0.1) is 0 Å². The second kappa shape index (κ2) is 9.96. The van der Waals surface area contributed by atoms with Gasteiger partial charge in [0.05, 0.1) is 19.9 Å². The number of hydrogen-bond donors (Lipinski definition) is 1. The number of aromatic nitrogens is 1. The molecule has 0 saturated carbocycles. The molecule has 5 nitrogen and oxygen atoms in total. The van der Waals surface area contributed by atoms with Crippen LogP contribution < -0.4 is 31.8 Å². The zero-order valence-corrected chi connectivity index (χ0v) is 18.1. The number of pyridine rings is 1. The van der Waals surface area contributed by atoms with Crippen LogP contribution >= 0.6 is 0 Å². The molecule has 4 aromatic rings. The molecule has 1 N–H and O–H groups in total. The Bertz CT molecular complexity index is 1180. The third-order valence-electron chi connectivity index (χ3n) is 4.98. The number of halogens is 1. The Kier molecular flexibility index (Phi) is 7.11. The molecule has 0 saturated heterocycles. The number of carbonyl (C=O) groups is 1. The number of hydrogen-bond acceptors (Lipinski definition) is 3. The smallest absolute Gasteiger partial charge is 0.255 e. The first-order chi connectivity index (χ1) is 14.6. The van der Waals surface area contributed by atoms with E-state index in [1.807, 2.05) is 85.2 Å². The molecule has 0 unspecified atom stereocenters. The lowest BCUT2D eigenvalue weighted by Gasteiger charge is -2.07. The van der Waals surface area contributed by atoms with Crippen LogP contribution in [0.5, 0.6) is 11.5 Å². The second-order valence-corrected chi connectivity index (χ2v) is 6.99. The summed E-state index contributed by atoms with van der Waals surface area (Å²) in [6, 6.07) is 23.2. The summed E-state index contributed by atoms with van der Waals surface area (Å²) in [5.41, 5.74) is 2.54. The summed E-state index contributed by atoms with van der Waals surface area (Å²) in [6.07, 6.45) is 3.90. The van der Waals surface area contributed by atoms with Crippen LogP contribution in [0.2, 0.25) is 0 Å². The fraction of sp³-hybridized carbons (Fsp3) is 0.120. The predicted molar refractivity (Wildman–Crippen MR) is 117 cm³/mol. The van der Waals surface area contributed by atoms with Gasteiger partial charge in [0.25, 0.3) is 5.91 Å². The van der Waals surface area contributed by atoms with Gasteiger partial charge in [0, 0.05) is 23.3 Å².